The number of ether oxygens (including phenoxy) is 2. The third-order valence-electron chi connectivity index (χ3n) is 3.53. The van der Waals surface area contributed by atoms with Crippen LogP contribution in [0.2, 0.25) is 0 Å². The van der Waals surface area contributed by atoms with Crippen LogP contribution in [0.5, 0.6) is 11.5 Å². The van der Waals surface area contributed by atoms with Crippen molar-refractivity contribution in [3.05, 3.63) is 53.6 Å². The molecule has 2 rings (SSSR count). The lowest BCUT2D eigenvalue weighted by molar-refractivity contribution is 0.354. The summed E-state index contributed by atoms with van der Waals surface area (Å²) in [6.07, 6.45) is 0.746. The van der Waals surface area contributed by atoms with E-state index in [9.17, 15) is 8.78 Å². The molecule has 0 aromatic heterocycles. The monoisotopic (exact) mass is 307 g/mol. The molecule has 0 aliphatic rings. The SMILES string of the molecule is COc1ccc(CCN(C)c2ccc(F)c(F)c2)cc1OC. The molecule has 0 spiro atoms. The number of anilines is 1. The second kappa shape index (κ2) is 7.11. The van der Waals surface area contributed by atoms with E-state index in [-0.39, 0.29) is 0 Å². The van der Waals surface area contributed by atoms with Crippen LogP contribution in [0.25, 0.3) is 0 Å². The third kappa shape index (κ3) is 3.67. The maximum Gasteiger partial charge on any atom is 0.160 e. The first-order chi connectivity index (χ1) is 10.5. The van der Waals surface area contributed by atoms with Gasteiger partial charge in [0.15, 0.2) is 23.1 Å². The Hall–Kier alpha value is -2.30. The van der Waals surface area contributed by atoms with Crippen molar-refractivity contribution in [2.24, 2.45) is 0 Å². The predicted molar refractivity (Wildman–Crippen MR) is 82.9 cm³/mol. The Bertz CT molecular complexity index is 647. The highest BCUT2D eigenvalue weighted by Crippen LogP contribution is 2.28. The van der Waals surface area contributed by atoms with Gasteiger partial charge in [-0.05, 0) is 36.2 Å². The van der Waals surface area contributed by atoms with Crippen LogP contribution in [0.15, 0.2) is 36.4 Å². The standard InChI is InChI=1S/C17H19F2NO2/c1-20(13-5-6-14(18)15(19)11-13)9-8-12-4-7-16(21-2)17(10-12)22-3/h4-7,10-11H,8-9H2,1-3H3. The van der Waals surface area contributed by atoms with Crippen LogP contribution in [-0.4, -0.2) is 27.8 Å². The van der Waals surface area contributed by atoms with Gasteiger partial charge in [0.1, 0.15) is 0 Å². The van der Waals surface area contributed by atoms with Crippen LogP contribution >= 0.6 is 0 Å². The molecule has 0 bridgehead atoms. The Balaban J connectivity index is 2.04. The number of benzene rings is 2. The van der Waals surface area contributed by atoms with Crippen LogP contribution in [0.4, 0.5) is 14.5 Å². The summed E-state index contributed by atoms with van der Waals surface area (Å²) in [6, 6.07) is 9.62. The molecule has 0 atom stereocenters. The van der Waals surface area contributed by atoms with E-state index in [1.807, 2.05) is 30.1 Å². The van der Waals surface area contributed by atoms with E-state index >= 15 is 0 Å². The molecule has 0 saturated heterocycles. The number of hydrogen-bond donors (Lipinski definition) is 0. The number of hydrogen-bond acceptors (Lipinski definition) is 3. The Morgan fingerprint density at radius 3 is 2.27 bits per heavy atom. The summed E-state index contributed by atoms with van der Waals surface area (Å²) in [5.74, 6) is -0.316. The fourth-order valence-electron chi connectivity index (χ4n) is 2.18. The lowest BCUT2D eigenvalue weighted by Gasteiger charge is -2.19. The lowest BCUT2D eigenvalue weighted by atomic mass is 10.1. The molecule has 2 aromatic carbocycles. The second-order valence-corrected chi connectivity index (χ2v) is 4.96. The minimum Gasteiger partial charge on any atom is -0.493 e. The van der Waals surface area contributed by atoms with Crippen molar-refractivity contribution in [1.82, 2.24) is 0 Å². The van der Waals surface area contributed by atoms with Gasteiger partial charge in [-0.3, -0.25) is 0 Å². The first-order valence-corrected chi connectivity index (χ1v) is 6.92. The van der Waals surface area contributed by atoms with Crippen molar-refractivity contribution >= 4 is 5.69 Å². The molecule has 2 aromatic rings. The maximum atomic E-state index is 13.3. The second-order valence-electron chi connectivity index (χ2n) is 4.96. The summed E-state index contributed by atoms with van der Waals surface area (Å²) in [6.45, 7) is 0.667. The third-order valence-corrected chi connectivity index (χ3v) is 3.53. The van der Waals surface area contributed by atoms with E-state index in [4.69, 9.17) is 9.47 Å². The summed E-state index contributed by atoms with van der Waals surface area (Å²) in [7, 11) is 5.02. The topological polar surface area (TPSA) is 21.7 Å². The van der Waals surface area contributed by atoms with Gasteiger partial charge in [-0.15, -0.1) is 0 Å². The summed E-state index contributed by atoms with van der Waals surface area (Å²) in [5.41, 5.74) is 1.71. The van der Waals surface area contributed by atoms with Crippen molar-refractivity contribution in [3.8, 4) is 11.5 Å². The zero-order chi connectivity index (χ0) is 16.1. The van der Waals surface area contributed by atoms with Crippen molar-refractivity contribution in [3.63, 3.8) is 0 Å². The molecule has 0 radical (unpaired) electrons. The smallest absolute Gasteiger partial charge is 0.160 e. The molecule has 0 aliphatic heterocycles. The zero-order valence-corrected chi connectivity index (χ0v) is 12.9. The Morgan fingerprint density at radius 1 is 0.909 bits per heavy atom. The summed E-state index contributed by atoms with van der Waals surface area (Å²) in [4.78, 5) is 1.87. The predicted octanol–water partition coefficient (Wildman–Crippen LogP) is 3.66. The number of halogens is 2. The van der Waals surface area contributed by atoms with E-state index in [2.05, 4.69) is 0 Å². The number of rotatable bonds is 6. The molecule has 3 nitrogen and oxygen atoms in total. The maximum absolute atomic E-state index is 13.3. The first-order valence-electron chi connectivity index (χ1n) is 6.92. The molecular weight excluding hydrogens is 288 g/mol. The van der Waals surface area contributed by atoms with Crippen LogP contribution in [-0.2, 0) is 6.42 Å². The Kier molecular flexibility index (Phi) is 5.20. The van der Waals surface area contributed by atoms with E-state index in [0.717, 1.165) is 18.1 Å². The highest BCUT2D eigenvalue weighted by Gasteiger charge is 2.08. The van der Waals surface area contributed by atoms with E-state index in [1.54, 1.807) is 20.3 Å². The summed E-state index contributed by atoms with van der Waals surface area (Å²) in [5, 5.41) is 0. The van der Waals surface area contributed by atoms with Crippen LogP contribution in [0.1, 0.15) is 5.56 Å². The summed E-state index contributed by atoms with van der Waals surface area (Å²) >= 11 is 0. The molecule has 0 unspecified atom stereocenters. The minimum atomic E-state index is -0.838. The first kappa shape index (κ1) is 16.1. The molecule has 22 heavy (non-hydrogen) atoms. The van der Waals surface area contributed by atoms with Crippen molar-refractivity contribution in [2.45, 2.75) is 6.42 Å². The fourth-order valence-corrected chi connectivity index (χ4v) is 2.18. The van der Waals surface area contributed by atoms with Gasteiger partial charge in [0.25, 0.3) is 0 Å². The summed E-state index contributed by atoms with van der Waals surface area (Å²) < 4.78 is 36.7. The Labute approximate surface area is 129 Å². The average molecular weight is 307 g/mol. The molecule has 0 N–H and O–H groups in total. The largest absolute Gasteiger partial charge is 0.493 e. The van der Waals surface area contributed by atoms with Crippen LogP contribution < -0.4 is 14.4 Å². The minimum absolute atomic E-state index is 0.638. The molecular formula is C17H19F2NO2. The van der Waals surface area contributed by atoms with Gasteiger partial charge >= 0.3 is 0 Å². The number of nitrogens with zero attached hydrogens (tertiary/aromatic N) is 1. The van der Waals surface area contributed by atoms with Crippen LogP contribution in [0.3, 0.4) is 0 Å². The van der Waals surface area contributed by atoms with Crippen molar-refractivity contribution in [1.29, 1.82) is 0 Å². The van der Waals surface area contributed by atoms with Gasteiger partial charge in [0.2, 0.25) is 0 Å². The van der Waals surface area contributed by atoms with Gasteiger partial charge in [0.05, 0.1) is 14.2 Å². The number of methoxy groups -OCH3 is 2. The normalized spacial score (nSPS) is 10.4. The average Bonchev–Trinajstić information content (AvgIpc) is 2.54. The quantitative estimate of drug-likeness (QED) is 0.813. The van der Waals surface area contributed by atoms with Crippen molar-refractivity contribution < 1.29 is 18.3 Å². The van der Waals surface area contributed by atoms with Gasteiger partial charge < -0.3 is 14.4 Å². The molecule has 0 saturated carbocycles. The van der Waals surface area contributed by atoms with Gasteiger partial charge in [-0.25, -0.2) is 8.78 Å². The van der Waals surface area contributed by atoms with Gasteiger partial charge in [-0.2, -0.15) is 0 Å². The number of likely N-dealkylation sites (N-methyl/N-ethyl adjacent to an activating group) is 1. The fraction of sp³-hybridized carbons (Fsp3) is 0.294. The lowest BCUT2D eigenvalue weighted by Crippen LogP contribution is -2.20. The molecule has 0 fully saturated rings. The van der Waals surface area contributed by atoms with Crippen LogP contribution in [0, 0.1) is 11.6 Å². The molecule has 0 aliphatic carbocycles. The molecule has 0 heterocycles. The molecule has 0 amide bonds. The van der Waals surface area contributed by atoms with E-state index in [0.29, 0.717) is 23.7 Å². The van der Waals surface area contributed by atoms with Crippen molar-refractivity contribution in [2.75, 3.05) is 32.7 Å². The van der Waals surface area contributed by atoms with Gasteiger partial charge in [-0.1, -0.05) is 6.07 Å². The molecule has 5 heteroatoms. The Morgan fingerprint density at radius 2 is 1.64 bits per heavy atom. The van der Waals surface area contributed by atoms with Gasteiger partial charge in [0, 0.05) is 25.3 Å². The highest BCUT2D eigenvalue weighted by molar-refractivity contribution is 5.47. The zero-order valence-electron chi connectivity index (χ0n) is 12.9. The van der Waals surface area contributed by atoms with E-state index in [1.165, 1.54) is 6.07 Å². The van der Waals surface area contributed by atoms with E-state index < -0.39 is 11.6 Å². The highest BCUT2D eigenvalue weighted by atomic mass is 19.2. The molecule has 118 valence electrons.